The minimum absolute atomic E-state index is 0.0379. The summed E-state index contributed by atoms with van der Waals surface area (Å²) in [5, 5.41) is 21.8. The molecule has 0 heterocycles. The molecular formula is C17H14ClF3N2O4. The maximum atomic E-state index is 12.9. The first kappa shape index (κ1) is 20.5. The summed E-state index contributed by atoms with van der Waals surface area (Å²) in [5.74, 6) is -0.889. The second-order valence-electron chi connectivity index (χ2n) is 5.67. The Labute approximate surface area is 156 Å². The zero-order chi connectivity index (χ0) is 20.2. The average Bonchev–Trinajstić information content (AvgIpc) is 2.54. The van der Waals surface area contributed by atoms with E-state index < -0.39 is 33.3 Å². The molecule has 2 N–H and O–H groups in total. The van der Waals surface area contributed by atoms with Crippen molar-refractivity contribution in [1.82, 2.24) is 0 Å². The number of carbonyl (C=O) groups is 1. The van der Waals surface area contributed by atoms with E-state index in [0.29, 0.717) is 24.6 Å². The van der Waals surface area contributed by atoms with Crippen molar-refractivity contribution < 1.29 is 28.0 Å². The van der Waals surface area contributed by atoms with E-state index >= 15 is 0 Å². The number of nitro benzene ring substituents is 1. The van der Waals surface area contributed by atoms with Gasteiger partial charge in [0.15, 0.2) is 0 Å². The Bertz CT molecular complexity index is 854. The normalized spacial score (nSPS) is 11.3. The monoisotopic (exact) mass is 402 g/mol. The molecule has 0 aliphatic rings. The second kappa shape index (κ2) is 8.26. The van der Waals surface area contributed by atoms with Crippen LogP contribution in [-0.4, -0.2) is 16.0 Å². The number of nitrogens with one attached hydrogen (secondary N) is 1. The van der Waals surface area contributed by atoms with Crippen LogP contribution >= 0.6 is 11.6 Å². The van der Waals surface area contributed by atoms with Gasteiger partial charge in [-0.05, 0) is 36.6 Å². The van der Waals surface area contributed by atoms with Crippen molar-refractivity contribution in [1.29, 1.82) is 0 Å². The van der Waals surface area contributed by atoms with Crippen LogP contribution in [0, 0.1) is 10.1 Å². The summed E-state index contributed by atoms with van der Waals surface area (Å²) >= 11 is 5.63. The van der Waals surface area contributed by atoms with Gasteiger partial charge in [0, 0.05) is 18.2 Å². The molecule has 0 aliphatic heterocycles. The summed E-state index contributed by atoms with van der Waals surface area (Å²) in [6, 6.07) is 7.83. The van der Waals surface area contributed by atoms with Crippen LogP contribution < -0.4 is 5.32 Å². The summed E-state index contributed by atoms with van der Waals surface area (Å²) in [6.07, 6.45) is -3.77. The van der Waals surface area contributed by atoms with Gasteiger partial charge in [0.05, 0.1) is 15.5 Å². The van der Waals surface area contributed by atoms with Gasteiger partial charge in [-0.3, -0.25) is 14.9 Å². The van der Waals surface area contributed by atoms with Crippen molar-refractivity contribution in [2.45, 2.75) is 25.4 Å². The molecule has 2 aromatic carbocycles. The molecule has 0 aliphatic carbocycles. The zero-order valence-corrected chi connectivity index (χ0v) is 14.5. The van der Waals surface area contributed by atoms with E-state index in [1.807, 2.05) is 0 Å². The first-order valence-electron chi connectivity index (χ1n) is 7.71. The highest BCUT2D eigenvalue weighted by molar-refractivity contribution is 6.31. The lowest BCUT2D eigenvalue weighted by Gasteiger charge is -2.13. The second-order valence-corrected chi connectivity index (χ2v) is 6.08. The molecule has 2 aromatic rings. The number of carboxylic acid groups (broad SMARTS) is 1. The number of benzene rings is 2. The number of aryl methyl sites for hydroxylation is 1. The Kier molecular flexibility index (Phi) is 6.27. The van der Waals surface area contributed by atoms with E-state index in [1.54, 1.807) is 24.3 Å². The fraction of sp³-hybridized carbons (Fsp3) is 0.235. The van der Waals surface area contributed by atoms with E-state index in [4.69, 9.17) is 16.7 Å². The number of rotatable bonds is 7. The highest BCUT2D eigenvalue weighted by Crippen LogP contribution is 2.41. The minimum atomic E-state index is -4.81. The molecule has 0 saturated heterocycles. The third kappa shape index (κ3) is 5.58. The van der Waals surface area contributed by atoms with Gasteiger partial charge in [-0.15, -0.1) is 0 Å². The van der Waals surface area contributed by atoms with Crippen LogP contribution in [0.25, 0.3) is 0 Å². The predicted octanol–water partition coefficient (Wildman–Crippen LogP) is 5.42. The van der Waals surface area contributed by atoms with E-state index in [1.165, 1.54) is 0 Å². The Morgan fingerprint density at radius 1 is 1.22 bits per heavy atom. The van der Waals surface area contributed by atoms with Gasteiger partial charge in [0.2, 0.25) is 0 Å². The van der Waals surface area contributed by atoms with E-state index in [0.717, 1.165) is 11.6 Å². The van der Waals surface area contributed by atoms with Gasteiger partial charge in [-0.2, -0.15) is 13.2 Å². The van der Waals surface area contributed by atoms with E-state index in [-0.39, 0.29) is 12.1 Å². The van der Waals surface area contributed by atoms with Crippen LogP contribution in [0.1, 0.15) is 24.0 Å². The average molecular weight is 403 g/mol. The van der Waals surface area contributed by atoms with Crippen molar-refractivity contribution in [3.63, 3.8) is 0 Å². The molecule has 0 fully saturated rings. The van der Waals surface area contributed by atoms with Gasteiger partial charge in [-0.25, -0.2) is 0 Å². The van der Waals surface area contributed by atoms with E-state index in [9.17, 15) is 28.1 Å². The molecule has 0 aromatic heterocycles. The highest BCUT2D eigenvalue weighted by Gasteiger charge is 2.36. The van der Waals surface area contributed by atoms with Gasteiger partial charge < -0.3 is 10.4 Å². The van der Waals surface area contributed by atoms with Crippen molar-refractivity contribution in [3.8, 4) is 0 Å². The largest absolute Gasteiger partial charge is 0.481 e. The smallest absolute Gasteiger partial charge is 0.418 e. The summed E-state index contributed by atoms with van der Waals surface area (Å²) < 4.78 is 38.6. The number of nitro groups is 1. The SMILES string of the molecule is O=C(O)CCCc1ccc(Nc2cc(Cl)c(C(F)(F)F)cc2[N+](=O)[O-])cc1. The van der Waals surface area contributed by atoms with Crippen molar-refractivity contribution in [2.24, 2.45) is 0 Å². The van der Waals surface area contributed by atoms with Gasteiger partial charge >= 0.3 is 12.1 Å². The fourth-order valence-electron chi connectivity index (χ4n) is 2.38. The summed E-state index contributed by atoms with van der Waals surface area (Å²) in [5.41, 5.74) is -0.929. The molecule has 0 atom stereocenters. The highest BCUT2D eigenvalue weighted by atomic mass is 35.5. The topological polar surface area (TPSA) is 92.5 Å². The molecule has 144 valence electrons. The van der Waals surface area contributed by atoms with Crippen LogP contribution in [-0.2, 0) is 17.4 Å². The van der Waals surface area contributed by atoms with Crippen LogP contribution in [0.2, 0.25) is 5.02 Å². The maximum Gasteiger partial charge on any atom is 0.418 e. The quantitative estimate of drug-likeness (QED) is 0.476. The van der Waals surface area contributed by atoms with Crippen molar-refractivity contribution in [2.75, 3.05) is 5.32 Å². The molecule has 6 nitrogen and oxygen atoms in total. The number of anilines is 2. The maximum absolute atomic E-state index is 12.9. The molecule has 0 amide bonds. The lowest BCUT2D eigenvalue weighted by molar-refractivity contribution is -0.384. The third-order valence-electron chi connectivity index (χ3n) is 3.68. The standard InChI is InChI=1S/C17H14ClF3N2O4/c18-13-9-14(15(23(26)27)8-12(13)17(19,20)21)22-11-6-4-10(5-7-11)2-1-3-16(24)25/h4-9,22H,1-3H2,(H,24,25). The Hall–Kier alpha value is -2.81. The predicted molar refractivity (Wildman–Crippen MR) is 93.4 cm³/mol. The molecule has 0 unspecified atom stereocenters. The fourth-order valence-corrected chi connectivity index (χ4v) is 2.66. The Morgan fingerprint density at radius 2 is 1.85 bits per heavy atom. The van der Waals surface area contributed by atoms with Gasteiger partial charge in [-0.1, -0.05) is 23.7 Å². The number of aliphatic carboxylic acids is 1. The molecular weight excluding hydrogens is 389 g/mol. The van der Waals surface area contributed by atoms with Crippen molar-refractivity contribution in [3.05, 3.63) is 62.7 Å². The Morgan fingerprint density at radius 3 is 2.37 bits per heavy atom. The Balaban J connectivity index is 2.22. The number of alkyl halides is 3. The number of nitrogens with zero attached hydrogens (tertiary/aromatic N) is 1. The first-order chi connectivity index (χ1) is 12.6. The van der Waals surface area contributed by atoms with Crippen molar-refractivity contribution >= 4 is 34.6 Å². The molecule has 0 radical (unpaired) electrons. The van der Waals surface area contributed by atoms with Crippen LogP contribution in [0.3, 0.4) is 0 Å². The first-order valence-corrected chi connectivity index (χ1v) is 8.08. The molecule has 0 saturated carbocycles. The number of halogens is 4. The number of carboxylic acids is 1. The molecule has 10 heteroatoms. The summed E-state index contributed by atoms with van der Waals surface area (Å²) in [7, 11) is 0. The van der Waals surface area contributed by atoms with Crippen LogP contribution in [0.4, 0.5) is 30.2 Å². The van der Waals surface area contributed by atoms with Crippen LogP contribution in [0.5, 0.6) is 0 Å². The van der Waals surface area contributed by atoms with E-state index in [2.05, 4.69) is 5.32 Å². The minimum Gasteiger partial charge on any atom is -0.481 e. The summed E-state index contributed by atoms with van der Waals surface area (Å²) in [6.45, 7) is 0. The van der Waals surface area contributed by atoms with Crippen LogP contribution in [0.15, 0.2) is 36.4 Å². The number of hydrogen-bond donors (Lipinski definition) is 2. The lowest BCUT2D eigenvalue weighted by atomic mass is 10.1. The summed E-state index contributed by atoms with van der Waals surface area (Å²) in [4.78, 5) is 20.7. The van der Waals surface area contributed by atoms with Gasteiger partial charge in [0.25, 0.3) is 5.69 Å². The van der Waals surface area contributed by atoms with Gasteiger partial charge in [0.1, 0.15) is 5.69 Å². The zero-order valence-electron chi connectivity index (χ0n) is 13.7. The lowest BCUT2D eigenvalue weighted by Crippen LogP contribution is -2.08. The number of hydrogen-bond acceptors (Lipinski definition) is 4. The molecule has 27 heavy (non-hydrogen) atoms. The molecule has 0 spiro atoms. The molecule has 0 bridgehead atoms. The third-order valence-corrected chi connectivity index (χ3v) is 3.99. The molecule has 2 rings (SSSR count).